The van der Waals surface area contributed by atoms with Gasteiger partial charge in [0.05, 0.1) is 12.1 Å². The number of hydrogen-bond donors (Lipinski definition) is 3. The van der Waals surface area contributed by atoms with E-state index in [2.05, 4.69) is 15.6 Å². The minimum absolute atomic E-state index is 0.0447. The molecular weight excluding hydrogens is 335 g/mol. The number of ether oxygens (including phenoxy) is 1. The number of aliphatic imine (C=N–C) groups is 1. The first-order chi connectivity index (χ1) is 11.9. The van der Waals surface area contributed by atoms with Gasteiger partial charge in [0.15, 0.2) is 5.96 Å². The summed E-state index contributed by atoms with van der Waals surface area (Å²) in [7, 11) is 0. The molecule has 1 aliphatic carbocycles. The summed E-state index contributed by atoms with van der Waals surface area (Å²) >= 11 is 0. The van der Waals surface area contributed by atoms with Crippen molar-refractivity contribution >= 4 is 5.96 Å². The maximum absolute atomic E-state index is 12.5. The van der Waals surface area contributed by atoms with Gasteiger partial charge in [0.2, 0.25) is 0 Å². The second-order valence-electron chi connectivity index (χ2n) is 6.03. The largest absolute Gasteiger partial charge is 0.491 e. The van der Waals surface area contributed by atoms with E-state index in [1.54, 1.807) is 0 Å². The number of rotatable bonds is 8. The zero-order valence-corrected chi connectivity index (χ0v) is 14.1. The van der Waals surface area contributed by atoms with Crippen LogP contribution in [0.3, 0.4) is 0 Å². The van der Waals surface area contributed by atoms with Crippen LogP contribution in [0.5, 0.6) is 5.75 Å². The molecule has 2 rings (SSSR count). The first kappa shape index (κ1) is 19.4. The van der Waals surface area contributed by atoms with Gasteiger partial charge in [-0.15, -0.1) is 0 Å². The van der Waals surface area contributed by atoms with Crippen molar-refractivity contribution in [2.45, 2.75) is 32.0 Å². The van der Waals surface area contributed by atoms with E-state index in [4.69, 9.17) is 4.74 Å². The summed E-state index contributed by atoms with van der Waals surface area (Å²) in [6.45, 7) is 3.63. The number of alkyl halides is 3. The highest BCUT2D eigenvalue weighted by Gasteiger charge is 2.30. The maximum atomic E-state index is 12.5. The van der Waals surface area contributed by atoms with Crippen LogP contribution in [0.4, 0.5) is 13.2 Å². The molecular formula is C17H24F3N3O2. The van der Waals surface area contributed by atoms with Crippen LogP contribution in [0.15, 0.2) is 29.3 Å². The summed E-state index contributed by atoms with van der Waals surface area (Å²) in [5.74, 6) is 1.62. The summed E-state index contributed by atoms with van der Waals surface area (Å²) in [5.41, 5.74) is -0.734. The molecule has 0 aromatic heterocycles. The molecule has 1 fully saturated rings. The normalized spacial score (nSPS) is 16.4. The monoisotopic (exact) mass is 359 g/mol. The minimum Gasteiger partial charge on any atom is -0.491 e. The van der Waals surface area contributed by atoms with E-state index in [-0.39, 0.29) is 18.9 Å². The molecule has 1 unspecified atom stereocenters. The molecule has 0 amide bonds. The van der Waals surface area contributed by atoms with E-state index in [1.807, 2.05) is 6.92 Å². The molecule has 8 heteroatoms. The van der Waals surface area contributed by atoms with Crippen LogP contribution in [0.25, 0.3) is 0 Å². The van der Waals surface area contributed by atoms with E-state index in [9.17, 15) is 18.3 Å². The van der Waals surface area contributed by atoms with Gasteiger partial charge in [-0.05, 0) is 49.9 Å². The Labute approximate surface area is 145 Å². The molecule has 1 saturated carbocycles. The predicted molar refractivity (Wildman–Crippen MR) is 89.7 cm³/mol. The number of halogens is 3. The zero-order valence-electron chi connectivity index (χ0n) is 14.1. The topological polar surface area (TPSA) is 65.9 Å². The van der Waals surface area contributed by atoms with Gasteiger partial charge in [-0.1, -0.05) is 0 Å². The Morgan fingerprint density at radius 3 is 2.52 bits per heavy atom. The lowest BCUT2D eigenvalue weighted by Gasteiger charge is -2.14. The summed E-state index contributed by atoms with van der Waals surface area (Å²) < 4.78 is 42.8. The van der Waals surface area contributed by atoms with E-state index < -0.39 is 17.8 Å². The van der Waals surface area contributed by atoms with Crippen molar-refractivity contribution in [1.82, 2.24) is 10.6 Å². The molecule has 3 N–H and O–H groups in total. The molecule has 0 spiro atoms. The molecule has 1 aromatic rings. The third-order valence-corrected chi connectivity index (χ3v) is 3.68. The molecule has 0 bridgehead atoms. The average molecular weight is 359 g/mol. The second kappa shape index (κ2) is 8.94. The number of aliphatic hydroxyl groups excluding tert-OH is 1. The van der Waals surface area contributed by atoms with Gasteiger partial charge in [-0.3, -0.25) is 4.99 Å². The molecule has 1 aromatic carbocycles. The van der Waals surface area contributed by atoms with Crippen LogP contribution in [0.1, 0.15) is 25.3 Å². The first-order valence-corrected chi connectivity index (χ1v) is 8.38. The number of aliphatic hydroxyl groups is 1. The minimum atomic E-state index is -4.37. The van der Waals surface area contributed by atoms with Crippen molar-refractivity contribution < 1.29 is 23.0 Å². The molecule has 0 aliphatic heterocycles. The molecule has 0 radical (unpaired) electrons. The Hall–Kier alpha value is -1.96. The van der Waals surface area contributed by atoms with Crippen LogP contribution in [0, 0.1) is 5.92 Å². The average Bonchev–Trinajstić information content (AvgIpc) is 3.39. The summed E-state index contributed by atoms with van der Waals surface area (Å²) in [4.78, 5) is 4.29. The van der Waals surface area contributed by atoms with Crippen molar-refractivity contribution in [1.29, 1.82) is 0 Å². The summed E-state index contributed by atoms with van der Waals surface area (Å²) in [6.07, 6.45) is -2.76. The highest BCUT2D eigenvalue weighted by Crippen LogP contribution is 2.30. The number of nitrogens with zero attached hydrogens (tertiary/aromatic N) is 1. The molecule has 0 saturated heterocycles. The van der Waals surface area contributed by atoms with Crippen LogP contribution >= 0.6 is 0 Å². The summed E-state index contributed by atoms with van der Waals surface area (Å²) in [5, 5.41) is 16.2. The predicted octanol–water partition coefficient (Wildman–Crippen LogP) is 2.41. The molecule has 1 aliphatic rings. The fourth-order valence-electron chi connectivity index (χ4n) is 2.09. The quantitative estimate of drug-likeness (QED) is 0.493. The Kier molecular flexibility index (Phi) is 6.92. The number of hydrogen-bond acceptors (Lipinski definition) is 3. The van der Waals surface area contributed by atoms with Crippen molar-refractivity contribution in [2.24, 2.45) is 10.9 Å². The molecule has 140 valence electrons. The van der Waals surface area contributed by atoms with Crippen LogP contribution < -0.4 is 15.4 Å². The molecule has 5 nitrogen and oxygen atoms in total. The zero-order chi connectivity index (χ0) is 18.3. The molecule has 0 heterocycles. The summed E-state index contributed by atoms with van der Waals surface area (Å²) in [6, 6.07) is 4.37. The van der Waals surface area contributed by atoms with Crippen LogP contribution in [0.2, 0.25) is 0 Å². The van der Waals surface area contributed by atoms with Gasteiger partial charge >= 0.3 is 6.18 Å². The van der Waals surface area contributed by atoms with E-state index in [0.29, 0.717) is 18.4 Å². The number of nitrogens with one attached hydrogen (secondary N) is 2. The van der Waals surface area contributed by atoms with E-state index in [0.717, 1.165) is 18.7 Å². The van der Waals surface area contributed by atoms with Gasteiger partial charge < -0.3 is 20.5 Å². The van der Waals surface area contributed by atoms with Crippen LogP contribution in [-0.4, -0.2) is 43.4 Å². The molecule has 1 atom stereocenters. The van der Waals surface area contributed by atoms with Crippen LogP contribution in [-0.2, 0) is 6.18 Å². The Bertz CT molecular complexity index is 557. The fourth-order valence-corrected chi connectivity index (χ4v) is 2.09. The second-order valence-corrected chi connectivity index (χ2v) is 6.03. The van der Waals surface area contributed by atoms with Gasteiger partial charge in [-0.2, -0.15) is 13.2 Å². The first-order valence-electron chi connectivity index (χ1n) is 8.38. The highest BCUT2D eigenvalue weighted by molar-refractivity contribution is 5.79. The number of guanidine groups is 1. The third kappa shape index (κ3) is 7.21. The van der Waals surface area contributed by atoms with E-state index >= 15 is 0 Å². The lowest BCUT2D eigenvalue weighted by Crippen LogP contribution is -2.39. The molecule has 25 heavy (non-hydrogen) atoms. The van der Waals surface area contributed by atoms with E-state index in [1.165, 1.54) is 25.0 Å². The van der Waals surface area contributed by atoms with Gasteiger partial charge in [0.25, 0.3) is 0 Å². The van der Waals surface area contributed by atoms with Crippen molar-refractivity contribution in [3.8, 4) is 5.75 Å². The fraction of sp³-hybridized carbons (Fsp3) is 0.588. The lowest BCUT2D eigenvalue weighted by molar-refractivity contribution is -0.137. The van der Waals surface area contributed by atoms with Crippen molar-refractivity contribution in [2.75, 3.05) is 26.2 Å². The van der Waals surface area contributed by atoms with Gasteiger partial charge in [-0.25, -0.2) is 0 Å². The highest BCUT2D eigenvalue weighted by atomic mass is 19.4. The maximum Gasteiger partial charge on any atom is 0.416 e. The lowest BCUT2D eigenvalue weighted by atomic mass is 10.2. The Morgan fingerprint density at radius 2 is 1.96 bits per heavy atom. The van der Waals surface area contributed by atoms with Crippen molar-refractivity contribution in [3.63, 3.8) is 0 Å². The Balaban J connectivity index is 1.76. The third-order valence-electron chi connectivity index (χ3n) is 3.68. The Morgan fingerprint density at radius 1 is 1.28 bits per heavy atom. The standard InChI is InChI=1S/C17H24F3N3O2/c1-2-21-16(22-9-12-3-4-12)23-10-14(24)11-25-15-7-5-13(6-8-15)17(18,19)20/h5-8,12,14,24H,2-4,9-11H2,1H3,(H2,21,22,23). The van der Waals surface area contributed by atoms with Gasteiger partial charge in [0, 0.05) is 13.1 Å². The SMILES string of the molecule is CCNC(=NCC(O)COc1ccc(C(F)(F)F)cc1)NCC1CC1. The van der Waals surface area contributed by atoms with Gasteiger partial charge in [0.1, 0.15) is 18.5 Å². The van der Waals surface area contributed by atoms with Crippen molar-refractivity contribution in [3.05, 3.63) is 29.8 Å². The number of benzene rings is 1. The smallest absolute Gasteiger partial charge is 0.416 e.